The largest absolute Gasteiger partial charge is 0.355 e. The Hall–Kier alpha value is -0.610. The lowest BCUT2D eigenvalue weighted by molar-refractivity contribution is -0.124. The molecule has 0 aromatic heterocycles. The number of nitrogens with one attached hydrogen (secondary N) is 1. The molecule has 3 N–H and O–H groups in total. The Bertz CT molecular complexity index is 200. The monoisotopic (exact) mass is 199 g/mol. The second-order valence-electron chi connectivity index (χ2n) is 4.21. The van der Waals surface area contributed by atoms with Crippen molar-refractivity contribution in [3.05, 3.63) is 0 Å². The van der Waals surface area contributed by atoms with Crippen LogP contribution in [-0.2, 0) is 4.79 Å². The van der Waals surface area contributed by atoms with Gasteiger partial charge in [0.1, 0.15) is 0 Å². The fourth-order valence-corrected chi connectivity index (χ4v) is 2.07. The fraction of sp³-hybridized carbons (Fsp3) is 0.900. The standard InChI is InChI=1S/C10H21N3O/c1-3-5-10(11)7-13(8-10)6-9(14)12-4-2/h3-8,11H2,1-2H3,(H,12,14). The van der Waals surface area contributed by atoms with Gasteiger partial charge in [0, 0.05) is 25.2 Å². The highest BCUT2D eigenvalue weighted by Gasteiger charge is 2.38. The zero-order chi connectivity index (χ0) is 10.6. The molecule has 82 valence electrons. The molecule has 0 unspecified atom stereocenters. The highest BCUT2D eigenvalue weighted by molar-refractivity contribution is 5.78. The molecular formula is C10H21N3O. The lowest BCUT2D eigenvalue weighted by Crippen LogP contribution is -2.68. The zero-order valence-corrected chi connectivity index (χ0v) is 9.18. The van der Waals surface area contributed by atoms with Crippen LogP contribution in [-0.4, -0.2) is 42.5 Å². The maximum atomic E-state index is 11.2. The Balaban J connectivity index is 2.18. The third-order valence-electron chi connectivity index (χ3n) is 2.57. The SMILES string of the molecule is CCCC1(N)CN(CC(=O)NCC)C1. The molecule has 4 heteroatoms. The van der Waals surface area contributed by atoms with Crippen LogP contribution in [0.4, 0.5) is 0 Å². The van der Waals surface area contributed by atoms with Gasteiger partial charge in [0.05, 0.1) is 6.54 Å². The number of hydrogen-bond donors (Lipinski definition) is 2. The van der Waals surface area contributed by atoms with Gasteiger partial charge in [0.25, 0.3) is 0 Å². The second kappa shape index (κ2) is 4.75. The van der Waals surface area contributed by atoms with Crippen LogP contribution in [0.3, 0.4) is 0 Å². The average Bonchev–Trinajstić information content (AvgIpc) is 2.02. The zero-order valence-electron chi connectivity index (χ0n) is 9.18. The van der Waals surface area contributed by atoms with E-state index in [0.717, 1.165) is 25.9 Å². The van der Waals surface area contributed by atoms with Crippen LogP contribution < -0.4 is 11.1 Å². The van der Waals surface area contributed by atoms with E-state index in [1.165, 1.54) is 0 Å². The first-order chi connectivity index (χ1) is 6.59. The van der Waals surface area contributed by atoms with Crippen molar-refractivity contribution in [1.29, 1.82) is 0 Å². The Labute approximate surface area is 85.8 Å². The van der Waals surface area contributed by atoms with Gasteiger partial charge in [0.15, 0.2) is 0 Å². The van der Waals surface area contributed by atoms with Crippen molar-refractivity contribution in [3.63, 3.8) is 0 Å². The van der Waals surface area contributed by atoms with Crippen LogP contribution in [0.1, 0.15) is 26.7 Å². The first-order valence-electron chi connectivity index (χ1n) is 5.37. The molecule has 0 radical (unpaired) electrons. The first-order valence-corrected chi connectivity index (χ1v) is 5.37. The van der Waals surface area contributed by atoms with Gasteiger partial charge in [-0.15, -0.1) is 0 Å². The third-order valence-corrected chi connectivity index (χ3v) is 2.57. The summed E-state index contributed by atoms with van der Waals surface area (Å²) in [5, 5.41) is 2.78. The number of likely N-dealkylation sites (N-methyl/N-ethyl adjacent to an activating group) is 1. The van der Waals surface area contributed by atoms with Gasteiger partial charge in [-0.05, 0) is 13.3 Å². The number of rotatable bonds is 5. The molecule has 0 bridgehead atoms. The smallest absolute Gasteiger partial charge is 0.234 e. The molecule has 0 aromatic carbocycles. The number of amides is 1. The summed E-state index contributed by atoms with van der Waals surface area (Å²) >= 11 is 0. The fourth-order valence-electron chi connectivity index (χ4n) is 2.07. The molecular weight excluding hydrogens is 178 g/mol. The van der Waals surface area contributed by atoms with Crippen molar-refractivity contribution in [2.75, 3.05) is 26.2 Å². The van der Waals surface area contributed by atoms with Crippen LogP contribution in [0.2, 0.25) is 0 Å². The maximum absolute atomic E-state index is 11.2. The van der Waals surface area contributed by atoms with Gasteiger partial charge >= 0.3 is 0 Å². The highest BCUT2D eigenvalue weighted by Crippen LogP contribution is 2.22. The first kappa shape index (κ1) is 11.5. The number of carbonyl (C=O) groups excluding carboxylic acids is 1. The summed E-state index contributed by atoms with van der Waals surface area (Å²) < 4.78 is 0. The van der Waals surface area contributed by atoms with E-state index in [1.54, 1.807) is 0 Å². The Morgan fingerprint density at radius 1 is 1.50 bits per heavy atom. The molecule has 0 aromatic rings. The van der Waals surface area contributed by atoms with E-state index in [0.29, 0.717) is 13.1 Å². The van der Waals surface area contributed by atoms with E-state index in [-0.39, 0.29) is 11.4 Å². The molecule has 4 nitrogen and oxygen atoms in total. The topological polar surface area (TPSA) is 58.4 Å². The minimum Gasteiger partial charge on any atom is -0.355 e. The van der Waals surface area contributed by atoms with Crippen molar-refractivity contribution in [3.8, 4) is 0 Å². The summed E-state index contributed by atoms with van der Waals surface area (Å²) in [5.74, 6) is 0.103. The van der Waals surface area contributed by atoms with Crippen molar-refractivity contribution >= 4 is 5.91 Å². The van der Waals surface area contributed by atoms with E-state index < -0.39 is 0 Å². The van der Waals surface area contributed by atoms with E-state index in [9.17, 15) is 4.79 Å². The van der Waals surface area contributed by atoms with Crippen molar-refractivity contribution < 1.29 is 4.79 Å². The summed E-state index contributed by atoms with van der Waals surface area (Å²) in [6.07, 6.45) is 2.17. The Kier molecular flexibility index (Phi) is 3.89. The summed E-state index contributed by atoms with van der Waals surface area (Å²) in [5.41, 5.74) is 6.05. The summed E-state index contributed by atoms with van der Waals surface area (Å²) in [6, 6.07) is 0. The molecule has 1 amide bonds. The van der Waals surface area contributed by atoms with Gasteiger partial charge in [-0.25, -0.2) is 0 Å². The highest BCUT2D eigenvalue weighted by atomic mass is 16.2. The number of nitrogens with zero attached hydrogens (tertiary/aromatic N) is 1. The minimum absolute atomic E-state index is 0.0265. The molecule has 0 saturated carbocycles. The van der Waals surface area contributed by atoms with Crippen LogP contribution >= 0.6 is 0 Å². The predicted octanol–water partition coefficient (Wildman–Crippen LogP) is -0.0643. The molecule has 0 spiro atoms. The lowest BCUT2D eigenvalue weighted by Gasteiger charge is -2.47. The molecule has 1 fully saturated rings. The molecule has 14 heavy (non-hydrogen) atoms. The molecule has 1 aliphatic rings. The van der Waals surface area contributed by atoms with Crippen LogP contribution in [0.25, 0.3) is 0 Å². The summed E-state index contributed by atoms with van der Waals surface area (Å²) in [6.45, 7) is 6.99. The minimum atomic E-state index is -0.0265. The predicted molar refractivity (Wildman–Crippen MR) is 57.0 cm³/mol. The molecule has 1 heterocycles. The molecule has 1 rings (SSSR count). The average molecular weight is 199 g/mol. The normalized spacial score (nSPS) is 20.2. The third kappa shape index (κ3) is 2.96. The molecule has 1 aliphatic heterocycles. The van der Waals surface area contributed by atoms with E-state index in [1.807, 2.05) is 6.92 Å². The Morgan fingerprint density at radius 2 is 2.14 bits per heavy atom. The summed E-state index contributed by atoms with van der Waals surface area (Å²) in [7, 11) is 0. The van der Waals surface area contributed by atoms with Gasteiger partial charge in [-0.2, -0.15) is 0 Å². The maximum Gasteiger partial charge on any atom is 0.234 e. The number of nitrogens with two attached hydrogens (primary N) is 1. The number of hydrogen-bond acceptors (Lipinski definition) is 3. The molecule has 0 atom stereocenters. The lowest BCUT2D eigenvalue weighted by atomic mass is 9.86. The molecule has 0 aliphatic carbocycles. The van der Waals surface area contributed by atoms with Gasteiger partial charge in [0.2, 0.25) is 5.91 Å². The van der Waals surface area contributed by atoms with Crippen molar-refractivity contribution in [1.82, 2.24) is 10.2 Å². The summed E-state index contributed by atoms with van der Waals surface area (Å²) in [4.78, 5) is 13.3. The van der Waals surface area contributed by atoms with Crippen LogP contribution in [0.5, 0.6) is 0 Å². The molecule has 1 saturated heterocycles. The van der Waals surface area contributed by atoms with Crippen LogP contribution in [0, 0.1) is 0 Å². The number of likely N-dealkylation sites (tertiary alicyclic amines) is 1. The van der Waals surface area contributed by atoms with Crippen LogP contribution in [0.15, 0.2) is 0 Å². The van der Waals surface area contributed by atoms with Gasteiger partial charge in [-0.3, -0.25) is 9.69 Å². The van der Waals surface area contributed by atoms with E-state index in [2.05, 4.69) is 17.1 Å². The second-order valence-corrected chi connectivity index (χ2v) is 4.21. The van der Waals surface area contributed by atoms with E-state index >= 15 is 0 Å². The quantitative estimate of drug-likeness (QED) is 0.652. The van der Waals surface area contributed by atoms with Crippen molar-refractivity contribution in [2.24, 2.45) is 5.73 Å². The van der Waals surface area contributed by atoms with Gasteiger partial charge < -0.3 is 11.1 Å². The number of carbonyl (C=O) groups is 1. The van der Waals surface area contributed by atoms with Crippen molar-refractivity contribution in [2.45, 2.75) is 32.2 Å². The Morgan fingerprint density at radius 3 is 2.64 bits per heavy atom. The van der Waals surface area contributed by atoms with E-state index in [4.69, 9.17) is 5.73 Å². The van der Waals surface area contributed by atoms with Gasteiger partial charge in [-0.1, -0.05) is 13.3 Å².